The van der Waals surface area contributed by atoms with E-state index in [2.05, 4.69) is 4.72 Å². The molecule has 0 heterocycles. The largest absolute Gasteiger partial charge is 0.493 e. The molecule has 138 valence electrons. The minimum absolute atomic E-state index is 0.0244. The Morgan fingerprint density at radius 2 is 1.81 bits per heavy atom. The normalized spacial score (nSPS) is 19.0. The van der Waals surface area contributed by atoms with Gasteiger partial charge in [-0.1, -0.05) is 24.3 Å². The quantitative estimate of drug-likeness (QED) is 0.798. The second-order valence-corrected chi connectivity index (χ2v) is 7.68. The van der Waals surface area contributed by atoms with Gasteiger partial charge in [-0.25, -0.2) is 13.1 Å². The number of carboxylic acid groups (broad SMARTS) is 1. The first-order valence-corrected chi connectivity index (χ1v) is 9.40. The average molecular weight is 377 g/mol. The highest BCUT2D eigenvalue weighted by Gasteiger charge is 2.39. The molecule has 26 heavy (non-hydrogen) atoms. The van der Waals surface area contributed by atoms with Crippen LogP contribution in [-0.2, 0) is 21.2 Å². The van der Waals surface area contributed by atoms with Gasteiger partial charge in [-0.3, -0.25) is 4.79 Å². The van der Waals surface area contributed by atoms with Gasteiger partial charge in [0.2, 0.25) is 10.0 Å². The van der Waals surface area contributed by atoms with Gasteiger partial charge in [0, 0.05) is 6.07 Å². The molecule has 2 N–H and O–H groups in total. The minimum atomic E-state index is -3.96. The lowest BCUT2D eigenvalue weighted by atomic mass is 10.0. The number of hydrogen-bond donors (Lipinski definition) is 2. The first-order chi connectivity index (χ1) is 12.4. The van der Waals surface area contributed by atoms with Crippen molar-refractivity contribution in [3.63, 3.8) is 0 Å². The number of carboxylic acids is 1. The number of benzene rings is 2. The van der Waals surface area contributed by atoms with E-state index in [-0.39, 0.29) is 17.1 Å². The third-order valence-corrected chi connectivity index (χ3v) is 5.94. The predicted octanol–water partition coefficient (Wildman–Crippen LogP) is 1.98. The lowest BCUT2D eigenvalue weighted by Crippen LogP contribution is -2.34. The monoisotopic (exact) mass is 377 g/mol. The average Bonchev–Trinajstić information content (AvgIpc) is 2.99. The number of rotatable bonds is 6. The maximum atomic E-state index is 12.8. The van der Waals surface area contributed by atoms with Crippen LogP contribution in [0.3, 0.4) is 0 Å². The van der Waals surface area contributed by atoms with Crippen molar-refractivity contribution in [2.45, 2.75) is 17.4 Å². The van der Waals surface area contributed by atoms with Crippen LogP contribution in [0, 0.1) is 5.92 Å². The second-order valence-electron chi connectivity index (χ2n) is 5.96. The van der Waals surface area contributed by atoms with Crippen LogP contribution in [0.15, 0.2) is 47.4 Å². The van der Waals surface area contributed by atoms with Gasteiger partial charge in [0.25, 0.3) is 0 Å². The van der Waals surface area contributed by atoms with Gasteiger partial charge in [-0.15, -0.1) is 0 Å². The number of nitrogens with one attached hydrogen (secondary N) is 1. The van der Waals surface area contributed by atoms with Crippen LogP contribution in [-0.4, -0.2) is 33.7 Å². The Balaban J connectivity index is 1.97. The van der Waals surface area contributed by atoms with Gasteiger partial charge in [0.1, 0.15) is 0 Å². The summed E-state index contributed by atoms with van der Waals surface area (Å²) in [6.45, 7) is 0. The maximum Gasteiger partial charge on any atom is 0.308 e. The lowest BCUT2D eigenvalue weighted by molar-refractivity contribution is -0.142. The van der Waals surface area contributed by atoms with Crippen molar-refractivity contribution in [3.05, 3.63) is 53.6 Å². The van der Waals surface area contributed by atoms with Gasteiger partial charge in [0.05, 0.1) is 31.1 Å². The van der Waals surface area contributed by atoms with Crippen molar-refractivity contribution in [2.75, 3.05) is 14.2 Å². The van der Waals surface area contributed by atoms with Crippen LogP contribution < -0.4 is 14.2 Å². The summed E-state index contributed by atoms with van der Waals surface area (Å²) in [5.41, 5.74) is 1.52. The van der Waals surface area contributed by atoms with Crippen LogP contribution in [0.4, 0.5) is 0 Å². The fraction of sp³-hybridized carbons (Fsp3) is 0.278. The topological polar surface area (TPSA) is 102 Å². The van der Waals surface area contributed by atoms with E-state index >= 15 is 0 Å². The molecule has 0 saturated heterocycles. The fourth-order valence-corrected chi connectivity index (χ4v) is 4.46. The number of hydrogen-bond acceptors (Lipinski definition) is 5. The zero-order valence-corrected chi connectivity index (χ0v) is 15.1. The molecule has 0 aliphatic heterocycles. The Bertz CT molecular complexity index is 940. The lowest BCUT2D eigenvalue weighted by Gasteiger charge is -2.19. The molecule has 0 bridgehead atoms. The standard InChI is InChI=1S/C18H19NO6S/c1-24-15-8-7-12(10-16(15)25-2)26(22,23)19-17-13-6-4-3-5-11(13)9-14(17)18(20)21/h3-8,10,14,17,19H,9H2,1-2H3,(H,20,21). The Morgan fingerprint density at radius 3 is 2.46 bits per heavy atom. The molecule has 8 heteroatoms. The van der Waals surface area contributed by atoms with Gasteiger partial charge in [0.15, 0.2) is 11.5 Å². The minimum Gasteiger partial charge on any atom is -0.493 e. The molecule has 0 amide bonds. The third-order valence-electron chi connectivity index (χ3n) is 4.50. The molecule has 7 nitrogen and oxygen atoms in total. The summed E-state index contributed by atoms with van der Waals surface area (Å²) < 4.78 is 38.5. The first-order valence-electron chi connectivity index (χ1n) is 7.92. The van der Waals surface area contributed by atoms with Gasteiger partial charge in [-0.2, -0.15) is 0 Å². The maximum absolute atomic E-state index is 12.8. The number of methoxy groups -OCH3 is 2. The molecular formula is C18H19NO6S. The van der Waals surface area contributed by atoms with Crippen molar-refractivity contribution < 1.29 is 27.8 Å². The van der Waals surface area contributed by atoms with E-state index in [0.29, 0.717) is 11.3 Å². The van der Waals surface area contributed by atoms with Crippen LogP contribution in [0.1, 0.15) is 17.2 Å². The molecule has 0 radical (unpaired) electrons. The number of sulfonamides is 1. The summed E-state index contributed by atoms with van der Waals surface area (Å²) in [5, 5.41) is 9.50. The SMILES string of the molecule is COc1ccc(S(=O)(=O)NC2c3ccccc3CC2C(=O)O)cc1OC. The Kier molecular flexibility index (Phi) is 4.88. The summed E-state index contributed by atoms with van der Waals surface area (Å²) in [7, 11) is -1.09. The van der Waals surface area contributed by atoms with Gasteiger partial charge >= 0.3 is 5.97 Å². The van der Waals surface area contributed by atoms with Crippen LogP contribution in [0.2, 0.25) is 0 Å². The van der Waals surface area contributed by atoms with Gasteiger partial charge in [-0.05, 0) is 29.7 Å². The Morgan fingerprint density at radius 1 is 1.12 bits per heavy atom. The Hall–Kier alpha value is -2.58. The van der Waals surface area contributed by atoms with E-state index in [1.807, 2.05) is 12.1 Å². The van der Waals surface area contributed by atoms with E-state index in [9.17, 15) is 18.3 Å². The second kappa shape index (κ2) is 6.97. The van der Waals surface area contributed by atoms with Crippen LogP contribution in [0.25, 0.3) is 0 Å². The fourth-order valence-electron chi connectivity index (χ4n) is 3.19. The number of carbonyl (C=O) groups is 1. The van der Waals surface area contributed by atoms with E-state index in [1.165, 1.54) is 32.4 Å². The summed E-state index contributed by atoms with van der Waals surface area (Å²) in [4.78, 5) is 11.6. The van der Waals surface area contributed by atoms with E-state index in [4.69, 9.17) is 9.47 Å². The van der Waals surface area contributed by atoms with Crippen molar-refractivity contribution in [1.82, 2.24) is 4.72 Å². The molecule has 2 atom stereocenters. The molecule has 1 aliphatic rings. The van der Waals surface area contributed by atoms with Crippen molar-refractivity contribution in [3.8, 4) is 11.5 Å². The molecule has 0 aromatic heterocycles. The molecule has 3 rings (SSSR count). The smallest absolute Gasteiger partial charge is 0.308 e. The first kappa shape index (κ1) is 18.2. The third kappa shape index (κ3) is 3.25. The summed E-state index contributed by atoms with van der Waals surface area (Å²) >= 11 is 0. The molecule has 0 fully saturated rings. The highest BCUT2D eigenvalue weighted by Crippen LogP contribution is 2.38. The highest BCUT2D eigenvalue weighted by atomic mass is 32.2. The molecule has 2 aromatic carbocycles. The number of ether oxygens (including phenoxy) is 2. The molecule has 2 unspecified atom stereocenters. The molecule has 0 saturated carbocycles. The molecule has 2 aromatic rings. The van der Waals surface area contributed by atoms with Crippen molar-refractivity contribution in [1.29, 1.82) is 0 Å². The molecular weight excluding hydrogens is 358 g/mol. The predicted molar refractivity (Wildman–Crippen MR) is 93.9 cm³/mol. The summed E-state index contributed by atoms with van der Waals surface area (Å²) in [6.07, 6.45) is 0.282. The zero-order chi connectivity index (χ0) is 18.9. The number of aliphatic carboxylic acids is 1. The van der Waals surface area contributed by atoms with E-state index in [0.717, 1.165) is 5.56 Å². The summed E-state index contributed by atoms with van der Waals surface area (Å²) in [6, 6.07) is 10.5. The zero-order valence-electron chi connectivity index (χ0n) is 14.3. The van der Waals surface area contributed by atoms with Crippen LogP contribution in [0.5, 0.6) is 11.5 Å². The van der Waals surface area contributed by atoms with E-state index < -0.39 is 28.0 Å². The number of fused-ring (bicyclic) bond motifs is 1. The van der Waals surface area contributed by atoms with Crippen molar-refractivity contribution >= 4 is 16.0 Å². The summed E-state index contributed by atoms with van der Waals surface area (Å²) in [5.74, 6) is -1.22. The molecule has 1 aliphatic carbocycles. The van der Waals surface area contributed by atoms with Crippen LogP contribution >= 0.6 is 0 Å². The van der Waals surface area contributed by atoms with Gasteiger partial charge < -0.3 is 14.6 Å². The Labute approximate surface area is 151 Å². The van der Waals surface area contributed by atoms with Crippen molar-refractivity contribution in [2.24, 2.45) is 5.92 Å². The molecule has 0 spiro atoms. The highest BCUT2D eigenvalue weighted by molar-refractivity contribution is 7.89. The van der Waals surface area contributed by atoms with E-state index in [1.54, 1.807) is 12.1 Å².